The Morgan fingerprint density at radius 3 is 2.62 bits per heavy atom. The Morgan fingerprint density at radius 1 is 1.33 bits per heavy atom. The van der Waals surface area contributed by atoms with Gasteiger partial charge < -0.3 is 10.6 Å². The van der Waals surface area contributed by atoms with Gasteiger partial charge in [-0.15, -0.1) is 5.10 Å². The zero-order valence-electron chi connectivity index (χ0n) is 12.8. The van der Waals surface area contributed by atoms with Gasteiger partial charge in [0.25, 0.3) is 5.91 Å². The number of nitrogens with zero attached hydrogens (tertiary/aromatic N) is 3. The summed E-state index contributed by atoms with van der Waals surface area (Å²) in [5.41, 5.74) is 8.09. The summed E-state index contributed by atoms with van der Waals surface area (Å²) in [6, 6.07) is 7.56. The van der Waals surface area contributed by atoms with Crippen LogP contribution < -0.4 is 5.73 Å². The van der Waals surface area contributed by atoms with E-state index in [9.17, 15) is 4.79 Å². The molecule has 0 aliphatic rings. The van der Waals surface area contributed by atoms with Crippen molar-refractivity contribution in [1.82, 2.24) is 14.5 Å². The molecule has 1 amide bonds. The minimum atomic E-state index is -0.204. The normalized spacial score (nSPS) is 11.4. The monoisotopic (exact) mass is 304 g/mol. The molecular formula is C15H20N4OS. The first kappa shape index (κ1) is 15.4. The first-order valence-electron chi connectivity index (χ1n) is 6.72. The molecular weight excluding hydrogens is 284 g/mol. The number of nitrogens with two attached hydrogens (primary N) is 1. The standard InChI is InChI=1S/C15H20N4OS/c1-15(2,3)13-12(21-18-17-13)14(20)19(4)9-10-7-5-6-8-11(10)16/h5-8H,9,16H2,1-4H3. The number of nitrogen functional groups attached to an aromatic ring is 1. The summed E-state index contributed by atoms with van der Waals surface area (Å²) in [4.78, 5) is 14.9. The van der Waals surface area contributed by atoms with Gasteiger partial charge in [0.05, 0.1) is 5.69 Å². The van der Waals surface area contributed by atoms with Crippen LogP contribution >= 0.6 is 11.5 Å². The third-order valence-electron chi connectivity index (χ3n) is 3.20. The summed E-state index contributed by atoms with van der Waals surface area (Å²) in [5.74, 6) is -0.0711. The number of benzene rings is 1. The first-order chi connectivity index (χ1) is 9.80. The summed E-state index contributed by atoms with van der Waals surface area (Å²) in [5, 5.41) is 4.11. The molecule has 0 spiro atoms. The number of anilines is 1. The number of carbonyl (C=O) groups excluding carboxylic acids is 1. The van der Waals surface area contributed by atoms with Gasteiger partial charge in [0, 0.05) is 24.7 Å². The van der Waals surface area contributed by atoms with Crippen molar-refractivity contribution in [3.8, 4) is 0 Å². The fourth-order valence-corrected chi connectivity index (χ4v) is 2.87. The molecule has 2 rings (SSSR count). The molecule has 21 heavy (non-hydrogen) atoms. The van der Waals surface area contributed by atoms with Crippen molar-refractivity contribution < 1.29 is 4.79 Å². The molecule has 0 saturated carbocycles. The van der Waals surface area contributed by atoms with Crippen molar-refractivity contribution in [2.45, 2.75) is 32.7 Å². The largest absolute Gasteiger partial charge is 0.398 e. The van der Waals surface area contributed by atoms with Gasteiger partial charge in [-0.25, -0.2) is 0 Å². The van der Waals surface area contributed by atoms with E-state index >= 15 is 0 Å². The van der Waals surface area contributed by atoms with E-state index in [1.54, 1.807) is 11.9 Å². The Morgan fingerprint density at radius 2 is 2.00 bits per heavy atom. The summed E-state index contributed by atoms with van der Waals surface area (Å²) in [7, 11) is 1.76. The Hall–Kier alpha value is -1.95. The van der Waals surface area contributed by atoms with Gasteiger partial charge in [0.2, 0.25) is 0 Å². The molecule has 0 aliphatic carbocycles. The van der Waals surface area contributed by atoms with Crippen molar-refractivity contribution >= 4 is 23.1 Å². The van der Waals surface area contributed by atoms with Crippen LogP contribution in [0, 0.1) is 0 Å². The van der Waals surface area contributed by atoms with Gasteiger partial charge in [0.15, 0.2) is 0 Å². The van der Waals surface area contributed by atoms with Crippen molar-refractivity contribution in [1.29, 1.82) is 0 Å². The fraction of sp³-hybridized carbons (Fsp3) is 0.400. The van der Waals surface area contributed by atoms with Crippen LogP contribution in [0.1, 0.15) is 41.7 Å². The average Bonchev–Trinajstić information content (AvgIpc) is 2.89. The Labute approximate surface area is 128 Å². The molecule has 1 aromatic heterocycles. The smallest absolute Gasteiger partial charge is 0.267 e. The van der Waals surface area contributed by atoms with E-state index in [4.69, 9.17) is 5.73 Å². The first-order valence-corrected chi connectivity index (χ1v) is 7.49. The molecule has 0 atom stereocenters. The summed E-state index contributed by atoms with van der Waals surface area (Å²) in [6.07, 6.45) is 0. The zero-order valence-corrected chi connectivity index (χ0v) is 13.6. The van der Waals surface area contributed by atoms with E-state index in [1.807, 2.05) is 45.0 Å². The number of amides is 1. The summed E-state index contributed by atoms with van der Waals surface area (Å²) in [6.45, 7) is 6.54. The molecule has 0 unspecified atom stereocenters. The van der Waals surface area contributed by atoms with Crippen LogP contribution in [0.15, 0.2) is 24.3 Å². The zero-order chi connectivity index (χ0) is 15.6. The predicted octanol–water partition coefficient (Wildman–Crippen LogP) is 2.69. The Bertz CT molecular complexity index is 645. The minimum Gasteiger partial charge on any atom is -0.398 e. The highest BCUT2D eigenvalue weighted by atomic mass is 32.1. The molecule has 0 fully saturated rings. The van der Waals surface area contributed by atoms with Crippen LogP contribution in [0.4, 0.5) is 5.69 Å². The minimum absolute atomic E-state index is 0.0711. The van der Waals surface area contributed by atoms with Crippen LogP contribution in [0.5, 0.6) is 0 Å². The highest BCUT2D eigenvalue weighted by molar-refractivity contribution is 7.08. The lowest BCUT2D eigenvalue weighted by molar-refractivity contribution is 0.0787. The van der Waals surface area contributed by atoms with Gasteiger partial charge >= 0.3 is 0 Å². The molecule has 0 radical (unpaired) electrons. The van der Waals surface area contributed by atoms with Crippen LogP contribution in [0.3, 0.4) is 0 Å². The Kier molecular flexibility index (Phi) is 4.27. The lowest BCUT2D eigenvalue weighted by atomic mass is 9.91. The van der Waals surface area contributed by atoms with E-state index in [0.717, 1.165) is 22.8 Å². The van der Waals surface area contributed by atoms with Gasteiger partial charge in [-0.3, -0.25) is 4.79 Å². The summed E-state index contributed by atoms with van der Waals surface area (Å²) < 4.78 is 3.94. The third-order valence-corrected chi connectivity index (χ3v) is 3.92. The molecule has 112 valence electrons. The number of carbonyl (C=O) groups is 1. The number of para-hydroxylation sites is 1. The lowest BCUT2D eigenvalue weighted by Crippen LogP contribution is -2.28. The van der Waals surface area contributed by atoms with Crippen LogP contribution in [0.25, 0.3) is 0 Å². The molecule has 2 aromatic rings. The molecule has 6 heteroatoms. The second-order valence-corrected chi connectivity index (χ2v) is 6.81. The fourth-order valence-electron chi connectivity index (χ4n) is 2.00. The van der Waals surface area contributed by atoms with Gasteiger partial charge in [0.1, 0.15) is 4.88 Å². The maximum atomic E-state index is 12.6. The van der Waals surface area contributed by atoms with Crippen molar-refractivity contribution in [2.75, 3.05) is 12.8 Å². The number of hydrogen-bond donors (Lipinski definition) is 1. The van der Waals surface area contributed by atoms with Crippen LogP contribution in [-0.4, -0.2) is 27.4 Å². The molecule has 1 aromatic carbocycles. The van der Waals surface area contributed by atoms with Crippen molar-refractivity contribution in [3.05, 3.63) is 40.4 Å². The maximum Gasteiger partial charge on any atom is 0.267 e. The number of hydrogen-bond acceptors (Lipinski definition) is 5. The van der Waals surface area contributed by atoms with E-state index in [1.165, 1.54) is 0 Å². The predicted molar refractivity (Wildman–Crippen MR) is 85.3 cm³/mol. The van der Waals surface area contributed by atoms with E-state index in [2.05, 4.69) is 9.59 Å². The van der Waals surface area contributed by atoms with Gasteiger partial charge in [-0.2, -0.15) is 0 Å². The second-order valence-electron chi connectivity index (χ2n) is 6.06. The average molecular weight is 304 g/mol. The molecule has 0 saturated heterocycles. The quantitative estimate of drug-likeness (QED) is 0.885. The van der Waals surface area contributed by atoms with Gasteiger partial charge in [-0.05, 0) is 23.2 Å². The van der Waals surface area contributed by atoms with E-state index in [0.29, 0.717) is 17.1 Å². The molecule has 2 N–H and O–H groups in total. The van der Waals surface area contributed by atoms with E-state index < -0.39 is 0 Å². The summed E-state index contributed by atoms with van der Waals surface area (Å²) >= 11 is 1.14. The van der Waals surface area contributed by atoms with Crippen LogP contribution in [0.2, 0.25) is 0 Å². The topological polar surface area (TPSA) is 72.1 Å². The highest BCUT2D eigenvalue weighted by Gasteiger charge is 2.28. The highest BCUT2D eigenvalue weighted by Crippen LogP contribution is 2.27. The maximum absolute atomic E-state index is 12.6. The van der Waals surface area contributed by atoms with Crippen molar-refractivity contribution in [2.24, 2.45) is 0 Å². The second kappa shape index (κ2) is 5.81. The van der Waals surface area contributed by atoms with Crippen molar-refractivity contribution in [3.63, 3.8) is 0 Å². The SMILES string of the molecule is CN(Cc1ccccc1N)C(=O)c1snnc1C(C)(C)C. The van der Waals surface area contributed by atoms with Crippen LogP contribution in [-0.2, 0) is 12.0 Å². The molecule has 0 aliphatic heterocycles. The molecule has 0 bridgehead atoms. The van der Waals surface area contributed by atoms with Gasteiger partial charge in [-0.1, -0.05) is 43.5 Å². The lowest BCUT2D eigenvalue weighted by Gasteiger charge is -2.20. The number of rotatable bonds is 3. The third kappa shape index (κ3) is 3.39. The van der Waals surface area contributed by atoms with E-state index in [-0.39, 0.29) is 11.3 Å². The Balaban J connectivity index is 2.21. The molecule has 1 heterocycles. The number of aromatic nitrogens is 2. The molecule has 5 nitrogen and oxygen atoms in total.